The highest BCUT2D eigenvalue weighted by atomic mass is 16.6. The molecule has 108 valence electrons. The van der Waals surface area contributed by atoms with Gasteiger partial charge in [0, 0.05) is 6.42 Å². The molecule has 0 saturated heterocycles. The number of ether oxygens (including phenoxy) is 1. The summed E-state index contributed by atoms with van der Waals surface area (Å²) in [4.78, 5) is 23.9. The number of rotatable bonds is 2. The number of carbonyl (C=O) groups is 2. The zero-order valence-corrected chi connectivity index (χ0v) is 11.0. The van der Waals surface area contributed by atoms with E-state index < -0.39 is 28.8 Å². The Hall–Kier alpha value is -2.24. The molecule has 6 heteroatoms. The van der Waals surface area contributed by atoms with Crippen LogP contribution in [0.15, 0.2) is 12.1 Å². The normalized spacial score (nSPS) is 22.6. The molecule has 1 fully saturated rings. The van der Waals surface area contributed by atoms with E-state index in [2.05, 4.69) is 0 Å². The highest BCUT2D eigenvalue weighted by molar-refractivity contribution is 5.95. The molecule has 1 unspecified atom stereocenters. The van der Waals surface area contributed by atoms with Gasteiger partial charge in [0.15, 0.2) is 28.6 Å². The summed E-state index contributed by atoms with van der Waals surface area (Å²) in [6.45, 7) is 1.56. The van der Waals surface area contributed by atoms with E-state index in [1.54, 1.807) is 6.92 Å². The molecule has 1 aliphatic rings. The fourth-order valence-electron chi connectivity index (χ4n) is 2.25. The van der Waals surface area contributed by atoms with Crippen molar-refractivity contribution in [1.82, 2.24) is 0 Å². The number of aromatic hydroxyl groups is 3. The Kier molecular flexibility index (Phi) is 3.57. The molecular weight excluding hydrogens is 264 g/mol. The summed E-state index contributed by atoms with van der Waals surface area (Å²) in [6, 6.07) is 1.96. The second kappa shape index (κ2) is 5.03. The number of hydrogen-bond donors (Lipinski definition) is 3. The predicted octanol–water partition coefficient (Wildman–Crippen LogP) is 1.86. The summed E-state index contributed by atoms with van der Waals surface area (Å²) in [5.74, 6) is -2.92. The fourth-order valence-corrected chi connectivity index (χ4v) is 2.25. The number of benzene rings is 1. The molecule has 20 heavy (non-hydrogen) atoms. The molecule has 1 aromatic rings. The van der Waals surface area contributed by atoms with Crippen LogP contribution in [0.25, 0.3) is 0 Å². The van der Waals surface area contributed by atoms with Crippen molar-refractivity contribution in [3.8, 4) is 17.2 Å². The molecule has 1 aromatic carbocycles. The fraction of sp³-hybridized carbons (Fsp3) is 0.429. The molecule has 0 heterocycles. The van der Waals surface area contributed by atoms with Crippen LogP contribution >= 0.6 is 0 Å². The van der Waals surface area contributed by atoms with E-state index in [1.807, 2.05) is 0 Å². The summed E-state index contributed by atoms with van der Waals surface area (Å²) in [5.41, 5.74) is -1.30. The van der Waals surface area contributed by atoms with Crippen LogP contribution in [0.5, 0.6) is 17.2 Å². The molecule has 0 aliphatic heterocycles. The molecule has 0 amide bonds. The number of phenolic OH excluding ortho intramolecular Hbond substituents is 3. The summed E-state index contributed by atoms with van der Waals surface area (Å²) in [6.07, 6.45) is 2.40. The second-order valence-electron chi connectivity index (χ2n) is 5.11. The van der Waals surface area contributed by atoms with E-state index in [0.29, 0.717) is 12.8 Å². The standard InChI is InChI=1S/C14H16O6/c1-14(5-3-2-4-11(14)17)20-13(19)8-6-9(15)12(18)10(16)7-8/h6-7,15-16,18H,2-5H2,1H3. The minimum atomic E-state index is -1.17. The molecule has 1 aliphatic carbocycles. The Morgan fingerprint density at radius 2 is 1.80 bits per heavy atom. The minimum Gasteiger partial charge on any atom is -0.504 e. The number of ketones is 1. The van der Waals surface area contributed by atoms with Gasteiger partial charge in [0.05, 0.1) is 5.56 Å². The van der Waals surface area contributed by atoms with Gasteiger partial charge in [0.25, 0.3) is 0 Å². The van der Waals surface area contributed by atoms with Gasteiger partial charge in [-0.1, -0.05) is 0 Å². The van der Waals surface area contributed by atoms with Crippen molar-refractivity contribution in [2.45, 2.75) is 38.2 Å². The van der Waals surface area contributed by atoms with Crippen LogP contribution in [0.4, 0.5) is 0 Å². The largest absolute Gasteiger partial charge is 0.504 e. The molecule has 0 radical (unpaired) electrons. The average molecular weight is 280 g/mol. The van der Waals surface area contributed by atoms with E-state index in [9.17, 15) is 24.9 Å². The zero-order valence-electron chi connectivity index (χ0n) is 11.0. The first-order valence-electron chi connectivity index (χ1n) is 6.35. The van der Waals surface area contributed by atoms with Crippen LogP contribution in [-0.4, -0.2) is 32.7 Å². The summed E-state index contributed by atoms with van der Waals surface area (Å²) >= 11 is 0. The van der Waals surface area contributed by atoms with E-state index in [1.165, 1.54) is 0 Å². The highest BCUT2D eigenvalue weighted by Crippen LogP contribution is 2.36. The van der Waals surface area contributed by atoms with Crippen molar-refractivity contribution in [2.24, 2.45) is 0 Å². The molecular formula is C14H16O6. The van der Waals surface area contributed by atoms with Crippen molar-refractivity contribution in [1.29, 1.82) is 0 Å². The molecule has 0 bridgehead atoms. The van der Waals surface area contributed by atoms with Gasteiger partial charge < -0.3 is 20.1 Å². The number of carbonyl (C=O) groups excluding carboxylic acids is 2. The van der Waals surface area contributed by atoms with Crippen LogP contribution in [0.1, 0.15) is 43.0 Å². The minimum absolute atomic E-state index is 0.127. The number of hydrogen-bond acceptors (Lipinski definition) is 6. The smallest absolute Gasteiger partial charge is 0.339 e. The van der Waals surface area contributed by atoms with E-state index in [-0.39, 0.29) is 11.3 Å². The van der Waals surface area contributed by atoms with Crippen LogP contribution in [-0.2, 0) is 9.53 Å². The predicted molar refractivity (Wildman–Crippen MR) is 68.7 cm³/mol. The molecule has 6 nitrogen and oxygen atoms in total. The Bertz CT molecular complexity index is 542. The number of Topliss-reactive ketones (excluding diaryl/α,β-unsaturated/α-hetero) is 1. The van der Waals surface area contributed by atoms with Gasteiger partial charge in [-0.05, 0) is 38.3 Å². The lowest BCUT2D eigenvalue weighted by atomic mass is 9.85. The molecule has 1 saturated carbocycles. The maximum Gasteiger partial charge on any atom is 0.339 e. The lowest BCUT2D eigenvalue weighted by molar-refractivity contribution is -0.140. The zero-order chi connectivity index (χ0) is 14.9. The van der Waals surface area contributed by atoms with Crippen LogP contribution < -0.4 is 0 Å². The van der Waals surface area contributed by atoms with Gasteiger partial charge in [-0.2, -0.15) is 0 Å². The van der Waals surface area contributed by atoms with Crippen molar-refractivity contribution in [2.75, 3.05) is 0 Å². The molecule has 1 atom stereocenters. The first-order chi connectivity index (χ1) is 9.33. The topological polar surface area (TPSA) is 104 Å². The maximum absolute atomic E-state index is 12.0. The van der Waals surface area contributed by atoms with Gasteiger partial charge in [0.1, 0.15) is 0 Å². The summed E-state index contributed by atoms with van der Waals surface area (Å²) < 4.78 is 5.23. The van der Waals surface area contributed by atoms with Gasteiger partial charge in [0.2, 0.25) is 0 Å². The summed E-state index contributed by atoms with van der Waals surface area (Å²) in [5, 5.41) is 28.0. The third-order valence-electron chi connectivity index (χ3n) is 3.52. The highest BCUT2D eigenvalue weighted by Gasteiger charge is 2.39. The van der Waals surface area contributed by atoms with Gasteiger partial charge in [-0.3, -0.25) is 4.79 Å². The molecule has 0 aromatic heterocycles. The monoisotopic (exact) mass is 280 g/mol. The summed E-state index contributed by atoms with van der Waals surface area (Å²) in [7, 11) is 0. The van der Waals surface area contributed by atoms with E-state index in [0.717, 1.165) is 25.0 Å². The lowest BCUT2D eigenvalue weighted by Gasteiger charge is -2.31. The van der Waals surface area contributed by atoms with Crippen LogP contribution in [0, 0.1) is 0 Å². The van der Waals surface area contributed by atoms with Crippen molar-refractivity contribution in [3.63, 3.8) is 0 Å². The van der Waals surface area contributed by atoms with Crippen LogP contribution in [0.3, 0.4) is 0 Å². The quantitative estimate of drug-likeness (QED) is 0.564. The Morgan fingerprint density at radius 3 is 2.35 bits per heavy atom. The van der Waals surface area contributed by atoms with Crippen molar-refractivity contribution in [3.05, 3.63) is 17.7 Å². The third kappa shape index (κ3) is 2.54. The Labute approximate surface area is 115 Å². The number of phenols is 3. The van der Waals surface area contributed by atoms with E-state index in [4.69, 9.17) is 4.74 Å². The SMILES string of the molecule is CC1(OC(=O)c2cc(O)c(O)c(O)c2)CCCCC1=O. The van der Waals surface area contributed by atoms with Gasteiger partial charge >= 0.3 is 5.97 Å². The molecule has 0 spiro atoms. The van der Waals surface area contributed by atoms with Gasteiger partial charge in [-0.25, -0.2) is 4.79 Å². The third-order valence-corrected chi connectivity index (χ3v) is 3.52. The second-order valence-corrected chi connectivity index (χ2v) is 5.11. The average Bonchev–Trinajstić information content (AvgIpc) is 2.39. The Balaban J connectivity index is 2.22. The van der Waals surface area contributed by atoms with Gasteiger partial charge in [-0.15, -0.1) is 0 Å². The Morgan fingerprint density at radius 1 is 1.20 bits per heavy atom. The molecule has 3 N–H and O–H groups in total. The van der Waals surface area contributed by atoms with Crippen molar-refractivity contribution < 1.29 is 29.6 Å². The first kappa shape index (κ1) is 14.2. The lowest BCUT2D eigenvalue weighted by Crippen LogP contribution is -2.42. The number of esters is 1. The van der Waals surface area contributed by atoms with Crippen molar-refractivity contribution >= 4 is 11.8 Å². The first-order valence-corrected chi connectivity index (χ1v) is 6.35. The van der Waals surface area contributed by atoms with Crippen LogP contribution in [0.2, 0.25) is 0 Å². The maximum atomic E-state index is 12.0. The molecule has 2 rings (SSSR count). The van der Waals surface area contributed by atoms with E-state index >= 15 is 0 Å².